The molecular formula is C24H31ClN8O. The van der Waals surface area contributed by atoms with Crippen molar-refractivity contribution < 1.29 is 4.79 Å². The fourth-order valence-corrected chi connectivity index (χ4v) is 5.31. The van der Waals surface area contributed by atoms with Crippen LogP contribution in [0.2, 0.25) is 5.15 Å². The van der Waals surface area contributed by atoms with E-state index in [1.165, 1.54) is 5.56 Å². The summed E-state index contributed by atoms with van der Waals surface area (Å²) in [6.07, 6.45) is 3.28. The van der Waals surface area contributed by atoms with Crippen LogP contribution in [0.3, 0.4) is 0 Å². The second-order valence-corrected chi connectivity index (χ2v) is 9.36. The Kier molecular flexibility index (Phi) is 7.51. The second-order valence-electron chi connectivity index (χ2n) is 9.00. The van der Waals surface area contributed by atoms with Crippen LogP contribution in [-0.4, -0.2) is 70.5 Å². The van der Waals surface area contributed by atoms with Crippen LogP contribution in [0.25, 0.3) is 0 Å². The van der Waals surface area contributed by atoms with E-state index in [9.17, 15) is 4.79 Å². The summed E-state index contributed by atoms with van der Waals surface area (Å²) in [5.41, 5.74) is 13.1. The summed E-state index contributed by atoms with van der Waals surface area (Å²) in [7, 11) is 0. The van der Waals surface area contributed by atoms with E-state index in [2.05, 4.69) is 37.7 Å². The van der Waals surface area contributed by atoms with Gasteiger partial charge in [-0.3, -0.25) is 14.6 Å². The predicted molar refractivity (Wildman–Crippen MR) is 132 cm³/mol. The zero-order valence-corrected chi connectivity index (χ0v) is 20.2. The van der Waals surface area contributed by atoms with Crippen molar-refractivity contribution in [1.82, 2.24) is 19.8 Å². The van der Waals surface area contributed by atoms with Gasteiger partial charge in [0, 0.05) is 38.3 Å². The van der Waals surface area contributed by atoms with Gasteiger partial charge in [0.15, 0.2) is 22.5 Å². The number of piperazine rings is 1. The Morgan fingerprint density at radius 3 is 2.50 bits per heavy atom. The molecule has 9 nitrogen and oxygen atoms in total. The van der Waals surface area contributed by atoms with Gasteiger partial charge in [0.05, 0.1) is 11.6 Å². The first kappa shape index (κ1) is 24.2. The maximum Gasteiger partial charge on any atom is 0.271 e. The minimum absolute atomic E-state index is 0.0111. The molecule has 1 aromatic heterocycles. The number of hydrogen-bond donors (Lipinski definition) is 2. The third kappa shape index (κ3) is 5.25. The number of nitrogen functional groups attached to an aromatic ring is 1. The van der Waals surface area contributed by atoms with Gasteiger partial charge < -0.3 is 16.4 Å². The molecule has 4 N–H and O–H groups in total. The molecule has 2 fully saturated rings. The number of piperidine rings is 1. The van der Waals surface area contributed by atoms with E-state index >= 15 is 0 Å². The maximum atomic E-state index is 11.5. The molecular weight excluding hydrogens is 452 g/mol. The lowest BCUT2D eigenvalue weighted by Crippen LogP contribution is -2.58. The highest BCUT2D eigenvalue weighted by Gasteiger charge is 2.34. The average molecular weight is 483 g/mol. The Bertz CT molecular complexity index is 1060. The molecule has 2 aliphatic rings. The van der Waals surface area contributed by atoms with E-state index in [0.29, 0.717) is 23.5 Å². The van der Waals surface area contributed by atoms with Crippen molar-refractivity contribution in [2.75, 3.05) is 43.4 Å². The first-order valence-corrected chi connectivity index (χ1v) is 12.1. The number of hydrogen-bond acceptors (Lipinski definition) is 8. The molecule has 34 heavy (non-hydrogen) atoms. The molecule has 1 atom stereocenters. The molecule has 1 aromatic carbocycles. The molecule has 0 spiro atoms. The molecule has 1 amide bonds. The van der Waals surface area contributed by atoms with E-state index < -0.39 is 5.91 Å². The number of nitrogens with zero attached hydrogens (tertiary/aromatic N) is 6. The number of aromatic nitrogens is 2. The van der Waals surface area contributed by atoms with E-state index in [-0.39, 0.29) is 16.7 Å². The standard InChI is InChI=1S/C24H31ClN8O/c1-2-18-15-32(24-21(25)29-20(23(28)34)22(27)30-24)11-12-33(18)19-7-9-31(10-8-19)14-17-5-3-16(13-26)4-6-17/h3-6,18-19H,2,7-12,14-15H2,1H3,(H2,27,30)(H2,28,34)/t18-/m0/s1. The summed E-state index contributed by atoms with van der Waals surface area (Å²) in [5.74, 6) is -0.211. The summed E-state index contributed by atoms with van der Waals surface area (Å²) in [4.78, 5) is 27.2. The van der Waals surface area contributed by atoms with Crippen molar-refractivity contribution in [2.45, 2.75) is 44.8 Å². The van der Waals surface area contributed by atoms with E-state index in [1.807, 2.05) is 24.3 Å². The molecule has 0 bridgehead atoms. The van der Waals surface area contributed by atoms with Crippen LogP contribution in [-0.2, 0) is 6.54 Å². The molecule has 0 aliphatic carbocycles. The minimum atomic E-state index is -0.736. The third-order valence-corrected chi connectivity index (χ3v) is 7.16. The topological polar surface area (TPSA) is 128 Å². The summed E-state index contributed by atoms with van der Waals surface area (Å²) in [6, 6.07) is 11.0. The summed E-state index contributed by atoms with van der Waals surface area (Å²) in [5, 5.41) is 9.13. The van der Waals surface area contributed by atoms with Gasteiger partial charge in [-0.25, -0.2) is 9.97 Å². The molecule has 0 radical (unpaired) electrons. The molecule has 4 rings (SSSR count). The van der Waals surface area contributed by atoms with Crippen LogP contribution in [0, 0.1) is 11.3 Å². The first-order valence-electron chi connectivity index (χ1n) is 11.7. The molecule has 0 saturated carbocycles. The number of rotatable bonds is 6. The first-order chi connectivity index (χ1) is 16.4. The molecule has 2 aliphatic heterocycles. The highest BCUT2D eigenvalue weighted by molar-refractivity contribution is 6.32. The lowest BCUT2D eigenvalue weighted by molar-refractivity contribution is 0.0610. The van der Waals surface area contributed by atoms with Crippen LogP contribution in [0.5, 0.6) is 0 Å². The van der Waals surface area contributed by atoms with Crippen LogP contribution in [0.1, 0.15) is 47.8 Å². The number of halogens is 1. The van der Waals surface area contributed by atoms with Gasteiger partial charge in [-0.1, -0.05) is 30.7 Å². The highest BCUT2D eigenvalue weighted by Crippen LogP contribution is 2.29. The highest BCUT2D eigenvalue weighted by atomic mass is 35.5. The molecule has 10 heteroatoms. The van der Waals surface area contributed by atoms with Crippen LogP contribution in [0.4, 0.5) is 11.6 Å². The van der Waals surface area contributed by atoms with Gasteiger partial charge in [0.25, 0.3) is 5.91 Å². The van der Waals surface area contributed by atoms with Gasteiger partial charge in [-0.05, 0) is 50.0 Å². The molecule has 2 aromatic rings. The largest absolute Gasteiger partial charge is 0.382 e. The fourth-order valence-electron chi connectivity index (χ4n) is 5.06. The van der Waals surface area contributed by atoms with Crippen molar-refractivity contribution >= 4 is 29.1 Å². The fraction of sp³-hybridized carbons (Fsp3) is 0.500. The van der Waals surface area contributed by atoms with Crippen molar-refractivity contribution in [2.24, 2.45) is 5.73 Å². The van der Waals surface area contributed by atoms with Gasteiger partial charge >= 0.3 is 0 Å². The van der Waals surface area contributed by atoms with E-state index in [1.54, 1.807) is 0 Å². The number of amides is 1. The van der Waals surface area contributed by atoms with Crippen LogP contribution >= 0.6 is 11.6 Å². The molecule has 3 heterocycles. The molecule has 2 saturated heterocycles. The molecule has 180 valence electrons. The van der Waals surface area contributed by atoms with Gasteiger partial charge in [0.2, 0.25) is 0 Å². The Morgan fingerprint density at radius 2 is 1.88 bits per heavy atom. The van der Waals surface area contributed by atoms with Crippen molar-refractivity contribution in [3.05, 3.63) is 46.2 Å². The third-order valence-electron chi connectivity index (χ3n) is 6.91. The number of primary amides is 1. The second kappa shape index (κ2) is 10.6. The van der Waals surface area contributed by atoms with Crippen molar-refractivity contribution in [3.8, 4) is 6.07 Å². The van der Waals surface area contributed by atoms with Gasteiger partial charge in [-0.15, -0.1) is 0 Å². The van der Waals surface area contributed by atoms with Crippen molar-refractivity contribution in [3.63, 3.8) is 0 Å². The summed E-state index contributed by atoms with van der Waals surface area (Å²) < 4.78 is 0. The SMILES string of the molecule is CC[C@H]1CN(c2nc(N)c(C(N)=O)nc2Cl)CCN1C1CCN(Cc2ccc(C#N)cc2)CC1. The quantitative estimate of drug-likeness (QED) is 0.641. The predicted octanol–water partition coefficient (Wildman–Crippen LogP) is 2.25. The minimum Gasteiger partial charge on any atom is -0.382 e. The number of benzene rings is 1. The Balaban J connectivity index is 1.35. The van der Waals surface area contributed by atoms with Crippen molar-refractivity contribution in [1.29, 1.82) is 5.26 Å². The maximum absolute atomic E-state index is 11.5. The Hall–Kier alpha value is -2.93. The number of nitriles is 1. The average Bonchev–Trinajstić information content (AvgIpc) is 2.85. The van der Waals surface area contributed by atoms with Gasteiger partial charge in [0.1, 0.15) is 0 Å². The Labute approximate surface area is 205 Å². The number of carbonyl (C=O) groups is 1. The number of carbonyl (C=O) groups excluding carboxylic acids is 1. The van der Waals surface area contributed by atoms with E-state index in [4.69, 9.17) is 28.3 Å². The zero-order chi connectivity index (χ0) is 24.2. The number of anilines is 2. The van der Waals surface area contributed by atoms with Gasteiger partial charge in [-0.2, -0.15) is 5.26 Å². The van der Waals surface area contributed by atoms with Crippen LogP contribution < -0.4 is 16.4 Å². The van der Waals surface area contributed by atoms with Crippen LogP contribution in [0.15, 0.2) is 24.3 Å². The number of likely N-dealkylation sites (tertiary alicyclic amines) is 1. The zero-order valence-electron chi connectivity index (χ0n) is 19.5. The lowest BCUT2D eigenvalue weighted by Gasteiger charge is -2.47. The normalized spacial score (nSPS) is 20.3. The number of nitrogens with two attached hydrogens (primary N) is 2. The monoisotopic (exact) mass is 482 g/mol. The summed E-state index contributed by atoms with van der Waals surface area (Å²) in [6.45, 7) is 7.71. The smallest absolute Gasteiger partial charge is 0.271 e. The molecule has 0 unspecified atom stereocenters. The Morgan fingerprint density at radius 1 is 1.18 bits per heavy atom. The van der Waals surface area contributed by atoms with E-state index in [0.717, 1.165) is 58.5 Å². The lowest BCUT2D eigenvalue weighted by atomic mass is 9.97. The summed E-state index contributed by atoms with van der Waals surface area (Å²) >= 11 is 6.34.